The summed E-state index contributed by atoms with van der Waals surface area (Å²) in [5.74, 6) is 4.15. The monoisotopic (exact) mass is 501 g/mol. The van der Waals surface area contributed by atoms with Gasteiger partial charge in [0.25, 0.3) is 0 Å². The van der Waals surface area contributed by atoms with Crippen LogP contribution in [-0.4, -0.2) is 30.9 Å². The van der Waals surface area contributed by atoms with Crippen molar-refractivity contribution in [1.82, 2.24) is 5.01 Å². The van der Waals surface area contributed by atoms with Crippen LogP contribution in [0.1, 0.15) is 46.1 Å². The number of halogens is 4. The van der Waals surface area contributed by atoms with E-state index in [0.29, 0.717) is 16.5 Å². The van der Waals surface area contributed by atoms with Crippen LogP contribution in [0.5, 0.6) is 11.5 Å². The smallest absolute Gasteiger partial charge is 0.387 e. The Bertz CT molecular complexity index is 1050. The quantitative estimate of drug-likeness (QED) is 0.150. The minimum atomic E-state index is -3.22. The number of benzene rings is 2. The molecule has 2 aromatic carbocycles. The molecule has 1 unspecified atom stereocenters. The molecule has 35 heavy (non-hydrogen) atoms. The van der Waals surface area contributed by atoms with Gasteiger partial charge in [-0.3, -0.25) is 9.80 Å². The van der Waals surface area contributed by atoms with Crippen molar-refractivity contribution in [2.75, 3.05) is 6.73 Å². The van der Waals surface area contributed by atoms with E-state index in [-0.39, 0.29) is 18.6 Å². The second-order valence-electron chi connectivity index (χ2n) is 9.34. The highest BCUT2D eigenvalue weighted by Gasteiger charge is 2.24. The highest BCUT2D eigenvalue weighted by atomic mass is 19.3. The summed E-state index contributed by atoms with van der Waals surface area (Å²) in [5.41, 5.74) is 6.75. The highest BCUT2D eigenvalue weighted by Crippen LogP contribution is 2.37. The molecule has 2 aromatic rings. The Kier molecular flexibility index (Phi) is 9.19. The van der Waals surface area contributed by atoms with Crippen molar-refractivity contribution in [1.29, 1.82) is 0 Å². The summed E-state index contributed by atoms with van der Waals surface area (Å²) in [6.07, 6.45) is 1.45. The van der Waals surface area contributed by atoms with Crippen molar-refractivity contribution in [2.24, 2.45) is 22.9 Å². The molecule has 0 bridgehead atoms. The van der Waals surface area contributed by atoms with Crippen molar-refractivity contribution < 1.29 is 36.6 Å². The molecule has 4 N–H and O–H groups in total. The minimum Gasteiger partial charge on any atom is -0.442 e. The number of hydrogen-bond acceptors (Lipinski definition) is 7. The molecule has 0 amide bonds. The van der Waals surface area contributed by atoms with E-state index in [4.69, 9.17) is 16.3 Å². The zero-order valence-corrected chi connectivity index (χ0v) is 20.2. The van der Waals surface area contributed by atoms with Crippen LogP contribution in [-0.2, 0) is 9.53 Å². The third kappa shape index (κ3) is 7.91. The number of hydrazine groups is 1. The van der Waals surface area contributed by atoms with Crippen LogP contribution in [0.15, 0.2) is 42.2 Å². The van der Waals surface area contributed by atoms with Crippen molar-refractivity contribution in [2.45, 2.75) is 53.8 Å². The average Bonchev–Trinajstić information content (AvgIpc) is 2.70. The zero-order chi connectivity index (χ0) is 26.5. The molecule has 7 nitrogen and oxygen atoms in total. The first-order chi connectivity index (χ1) is 16.2. The van der Waals surface area contributed by atoms with Gasteiger partial charge >= 0.3 is 19.2 Å². The van der Waals surface area contributed by atoms with E-state index >= 15 is 0 Å². The maximum absolute atomic E-state index is 12.8. The number of carbonyl (C=O) groups excluding carboxylic acids is 1. The molecule has 1 atom stereocenters. The molecule has 2 rings (SSSR count). The fraction of sp³-hybridized carbons (Fsp3) is 0.458. The van der Waals surface area contributed by atoms with Crippen LogP contribution in [0, 0.1) is 11.3 Å². The SMILES string of the molecule is CC(C)C(/C(N)=C/N(N)COC(=O)C(C)(C)C)c1ccc2cc(OC(F)F)c(OC(F)F)cc2c1. The van der Waals surface area contributed by atoms with Gasteiger partial charge in [0, 0.05) is 17.8 Å². The topological polar surface area (TPSA) is 100 Å². The summed E-state index contributed by atoms with van der Waals surface area (Å²) in [6, 6.07) is 7.50. The molecule has 0 saturated heterocycles. The lowest BCUT2D eigenvalue weighted by Crippen LogP contribution is -2.34. The lowest BCUT2D eigenvalue weighted by atomic mass is 9.85. The Morgan fingerprint density at radius 3 is 2.03 bits per heavy atom. The number of nitrogens with zero attached hydrogens (tertiary/aromatic N) is 1. The molecule has 0 radical (unpaired) electrons. The van der Waals surface area contributed by atoms with E-state index in [9.17, 15) is 22.4 Å². The number of fused-ring (bicyclic) bond motifs is 1. The van der Waals surface area contributed by atoms with Gasteiger partial charge in [-0.15, -0.1) is 0 Å². The number of carbonyl (C=O) groups is 1. The number of ether oxygens (including phenoxy) is 3. The Morgan fingerprint density at radius 2 is 1.54 bits per heavy atom. The van der Waals surface area contributed by atoms with Gasteiger partial charge in [-0.2, -0.15) is 17.6 Å². The summed E-state index contributed by atoms with van der Waals surface area (Å²) in [4.78, 5) is 12.0. The number of nitrogens with two attached hydrogens (primary N) is 2. The molecular formula is C24H31F4N3O4. The Balaban J connectivity index is 2.37. The fourth-order valence-corrected chi connectivity index (χ4v) is 3.46. The molecule has 0 aliphatic rings. The van der Waals surface area contributed by atoms with Crippen LogP contribution in [0.4, 0.5) is 17.6 Å². The van der Waals surface area contributed by atoms with E-state index in [0.717, 1.165) is 10.6 Å². The van der Waals surface area contributed by atoms with Crippen LogP contribution in [0.25, 0.3) is 10.8 Å². The van der Waals surface area contributed by atoms with Gasteiger partial charge in [0.2, 0.25) is 0 Å². The van der Waals surface area contributed by atoms with E-state index in [1.165, 1.54) is 18.3 Å². The molecular weight excluding hydrogens is 470 g/mol. The highest BCUT2D eigenvalue weighted by molar-refractivity contribution is 5.87. The van der Waals surface area contributed by atoms with Gasteiger partial charge in [0.05, 0.1) is 5.41 Å². The molecule has 0 spiro atoms. The summed E-state index contributed by atoms with van der Waals surface area (Å²) >= 11 is 0. The average molecular weight is 502 g/mol. The molecule has 0 aromatic heterocycles. The Morgan fingerprint density at radius 1 is 1.00 bits per heavy atom. The first-order valence-corrected chi connectivity index (χ1v) is 10.8. The van der Waals surface area contributed by atoms with Crippen LogP contribution in [0.3, 0.4) is 0 Å². The van der Waals surface area contributed by atoms with Crippen molar-refractivity contribution in [3.05, 3.63) is 47.8 Å². The van der Waals surface area contributed by atoms with Crippen molar-refractivity contribution >= 4 is 16.7 Å². The van der Waals surface area contributed by atoms with Gasteiger partial charge in [-0.25, -0.2) is 5.84 Å². The molecule has 0 aliphatic heterocycles. The standard InChI is InChI=1S/C24H31F4N3O4/c1-13(2)20(17(29)11-31(30)12-33-21(32)24(3,4)5)15-7-6-14-9-18(34-22(25)26)19(35-23(27)28)10-16(14)8-15/h6-11,13,20,22-23H,12,29-30H2,1-5H3/b17-11-. The Hall–Kier alpha value is -3.21. The lowest BCUT2D eigenvalue weighted by molar-refractivity contribution is -0.156. The van der Waals surface area contributed by atoms with Gasteiger partial charge in [-0.05, 0) is 55.2 Å². The fourth-order valence-electron chi connectivity index (χ4n) is 3.46. The van der Waals surface area contributed by atoms with Crippen LogP contribution in [0.2, 0.25) is 0 Å². The van der Waals surface area contributed by atoms with Crippen LogP contribution < -0.4 is 21.1 Å². The molecule has 0 aliphatic carbocycles. The van der Waals surface area contributed by atoms with E-state index < -0.39 is 36.1 Å². The predicted octanol–water partition coefficient (Wildman–Crippen LogP) is 5.30. The van der Waals surface area contributed by atoms with Gasteiger partial charge in [-0.1, -0.05) is 32.0 Å². The minimum absolute atomic E-state index is 0.00699. The van der Waals surface area contributed by atoms with E-state index in [1.807, 2.05) is 13.8 Å². The second-order valence-corrected chi connectivity index (χ2v) is 9.34. The molecule has 0 fully saturated rings. The van der Waals surface area contributed by atoms with Crippen molar-refractivity contribution in [3.63, 3.8) is 0 Å². The van der Waals surface area contributed by atoms with Crippen LogP contribution >= 0.6 is 0 Å². The Labute approximate surface area is 201 Å². The summed E-state index contributed by atoms with van der Waals surface area (Å²) in [7, 11) is 0. The molecule has 194 valence electrons. The third-order valence-electron chi connectivity index (χ3n) is 5.02. The second kappa shape index (κ2) is 11.5. The maximum Gasteiger partial charge on any atom is 0.387 e. The number of hydrogen-bond donors (Lipinski definition) is 2. The van der Waals surface area contributed by atoms with E-state index in [1.54, 1.807) is 39.0 Å². The zero-order valence-electron chi connectivity index (χ0n) is 20.2. The first-order valence-electron chi connectivity index (χ1n) is 10.8. The van der Waals surface area contributed by atoms with Gasteiger partial charge in [0.1, 0.15) is 0 Å². The molecule has 11 heteroatoms. The number of rotatable bonds is 10. The number of alkyl halides is 4. The predicted molar refractivity (Wildman–Crippen MR) is 124 cm³/mol. The first kappa shape index (κ1) is 28.0. The maximum atomic E-state index is 12.8. The lowest BCUT2D eigenvalue weighted by Gasteiger charge is -2.25. The van der Waals surface area contributed by atoms with E-state index in [2.05, 4.69) is 9.47 Å². The summed E-state index contributed by atoms with van der Waals surface area (Å²) < 4.78 is 65.0. The largest absolute Gasteiger partial charge is 0.442 e. The van der Waals surface area contributed by atoms with Gasteiger partial charge in [0.15, 0.2) is 18.2 Å². The number of esters is 1. The summed E-state index contributed by atoms with van der Waals surface area (Å²) in [5, 5.41) is 2.09. The molecule has 0 heterocycles. The molecule has 0 saturated carbocycles. The summed E-state index contributed by atoms with van der Waals surface area (Å²) in [6.45, 7) is 2.38. The van der Waals surface area contributed by atoms with Crippen molar-refractivity contribution in [3.8, 4) is 11.5 Å². The van der Waals surface area contributed by atoms with Gasteiger partial charge < -0.3 is 19.9 Å². The third-order valence-corrected chi connectivity index (χ3v) is 5.02. The number of allylic oxidation sites excluding steroid dienone is 1. The normalized spacial score (nSPS) is 13.5.